The molecule has 0 aliphatic carbocycles. The average molecular weight is 310 g/mol. The quantitative estimate of drug-likeness (QED) is 0.890. The summed E-state index contributed by atoms with van der Waals surface area (Å²) in [5, 5.41) is 6.47. The van der Waals surface area contributed by atoms with Crippen molar-refractivity contribution in [1.29, 1.82) is 0 Å². The van der Waals surface area contributed by atoms with Gasteiger partial charge >= 0.3 is 0 Å². The molecule has 0 bridgehead atoms. The van der Waals surface area contributed by atoms with Crippen LogP contribution in [0.25, 0.3) is 0 Å². The van der Waals surface area contributed by atoms with Crippen LogP contribution in [0.15, 0.2) is 42.5 Å². The fourth-order valence-electron chi connectivity index (χ4n) is 3.07. The van der Waals surface area contributed by atoms with Crippen LogP contribution in [-0.4, -0.2) is 12.7 Å². The van der Waals surface area contributed by atoms with E-state index in [-0.39, 0.29) is 18.7 Å². The number of para-hydroxylation sites is 1. The molecular formula is C18H18N2O3. The molecule has 0 radical (unpaired) electrons. The molecule has 0 fully saturated rings. The van der Waals surface area contributed by atoms with Crippen molar-refractivity contribution in [3.63, 3.8) is 0 Å². The van der Waals surface area contributed by atoms with Crippen LogP contribution in [0, 0.1) is 5.41 Å². The lowest BCUT2D eigenvalue weighted by Crippen LogP contribution is -2.43. The first-order chi connectivity index (χ1) is 11.1. The molecule has 1 atom stereocenters. The van der Waals surface area contributed by atoms with Crippen molar-refractivity contribution < 1.29 is 14.3 Å². The van der Waals surface area contributed by atoms with Gasteiger partial charge in [-0.15, -0.1) is 0 Å². The van der Waals surface area contributed by atoms with Gasteiger partial charge in [0.05, 0.1) is 11.5 Å². The maximum Gasteiger partial charge on any atom is 0.232 e. The number of rotatable bonds is 2. The number of ether oxygens (including phenoxy) is 2. The molecule has 0 aromatic heterocycles. The van der Waals surface area contributed by atoms with Crippen molar-refractivity contribution in [3.8, 4) is 11.5 Å². The highest BCUT2D eigenvalue weighted by Crippen LogP contribution is 2.48. The molecule has 2 aromatic rings. The van der Waals surface area contributed by atoms with Crippen molar-refractivity contribution in [2.75, 3.05) is 17.4 Å². The molecule has 23 heavy (non-hydrogen) atoms. The standard InChI is InChI=1S/C18H18N2O3/c1-18(2)16(19-11-6-4-3-5-7-11)12-8-14-15(23-10-22-14)9-13(12)20-17(18)21/h3-9,16,19H,10H2,1-2H3,(H,20,21). The van der Waals surface area contributed by atoms with Crippen molar-refractivity contribution in [2.24, 2.45) is 5.41 Å². The monoisotopic (exact) mass is 310 g/mol. The Morgan fingerprint density at radius 1 is 1.13 bits per heavy atom. The van der Waals surface area contributed by atoms with E-state index in [0.29, 0.717) is 5.75 Å². The molecule has 0 saturated heterocycles. The lowest BCUT2D eigenvalue weighted by Gasteiger charge is -2.39. The molecular weight excluding hydrogens is 292 g/mol. The topological polar surface area (TPSA) is 59.6 Å². The fraction of sp³-hybridized carbons (Fsp3) is 0.278. The molecule has 2 aliphatic rings. The van der Waals surface area contributed by atoms with Crippen LogP contribution in [0.4, 0.5) is 11.4 Å². The number of carbonyl (C=O) groups is 1. The Hall–Kier alpha value is -2.69. The Morgan fingerprint density at radius 2 is 1.83 bits per heavy atom. The molecule has 2 N–H and O–H groups in total. The molecule has 0 saturated carbocycles. The maximum absolute atomic E-state index is 12.6. The summed E-state index contributed by atoms with van der Waals surface area (Å²) >= 11 is 0. The summed E-state index contributed by atoms with van der Waals surface area (Å²) in [4.78, 5) is 12.6. The number of nitrogens with one attached hydrogen (secondary N) is 2. The maximum atomic E-state index is 12.6. The van der Waals surface area contributed by atoms with Crippen LogP contribution in [0.5, 0.6) is 11.5 Å². The molecule has 118 valence electrons. The van der Waals surface area contributed by atoms with Crippen LogP contribution in [0.2, 0.25) is 0 Å². The van der Waals surface area contributed by atoms with Crippen LogP contribution in [0.1, 0.15) is 25.5 Å². The number of carbonyl (C=O) groups excluding carboxylic acids is 1. The Balaban J connectivity index is 1.81. The van der Waals surface area contributed by atoms with E-state index in [4.69, 9.17) is 9.47 Å². The molecule has 2 heterocycles. The van der Waals surface area contributed by atoms with E-state index >= 15 is 0 Å². The normalized spacial score (nSPS) is 20.6. The number of hydrogen-bond acceptors (Lipinski definition) is 4. The first-order valence-corrected chi connectivity index (χ1v) is 7.62. The summed E-state index contributed by atoms with van der Waals surface area (Å²) in [6, 6.07) is 13.5. The Kier molecular flexibility index (Phi) is 2.98. The smallest absolute Gasteiger partial charge is 0.232 e. The summed E-state index contributed by atoms with van der Waals surface area (Å²) in [5.74, 6) is 1.37. The summed E-state index contributed by atoms with van der Waals surface area (Å²) < 4.78 is 10.9. The molecule has 0 spiro atoms. The van der Waals surface area contributed by atoms with E-state index in [1.807, 2.05) is 56.3 Å². The van der Waals surface area contributed by atoms with Gasteiger partial charge < -0.3 is 20.1 Å². The third-order valence-electron chi connectivity index (χ3n) is 4.50. The Morgan fingerprint density at radius 3 is 2.57 bits per heavy atom. The molecule has 1 unspecified atom stereocenters. The van der Waals surface area contributed by atoms with Gasteiger partial charge in [0, 0.05) is 23.0 Å². The zero-order valence-corrected chi connectivity index (χ0v) is 13.1. The van der Waals surface area contributed by atoms with Crippen molar-refractivity contribution in [1.82, 2.24) is 0 Å². The largest absolute Gasteiger partial charge is 0.454 e. The van der Waals surface area contributed by atoms with Crippen LogP contribution in [-0.2, 0) is 4.79 Å². The highest BCUT2D eigenvalue weighted by atomic mass is 16.7. The second-order valence-electron chi connectivity index (χ2n) is 6.41. The van der Waals surface area contributed by atoms with Gasteiger partial charge in [-0.25, -0.2) is 0 Å². The van der Waals surface area contributed by atoms with Crippen molar-refractivity contribution >= 4 is 17.3 Å². The second kappa shape index (κ2) is 4.91. The number of amides is 1. The van der Waals surface area contributed by atoms with Gasteiger partial charge in [0.15, 0.2) is 11.5 Å². The predicted molar refractivity (Wildman–Crippen MR) is 87.8 cm³/mol. The van der Waals surface area contributed by atoms with Gasteiger partial charge in [-0.3, -0.25) is 4.79 Å². The molecule has 4 rings (SSSR count). The lowest BCUT2D eigenvalue weighted by atomic mass is 9.76. The van der Waals surface area contributed by atoms with E-state index in [9.17, 15) is 4.79 Å². The van der Waals surface area contributed by atoms with Gasteiger partial charge in [-0.1, -0.05) is 18.2 Å². The van der Waals surface area contributed by atoms with Gasteiger partial charge in [0.1, 0.15) is 0 Å². The van der Waals surface area contributed by atoms with E-state index in [1.165, 1.54) is 0 Å². The predicted octanol–water partition coefficient (Wildman–Crippen LogP) is 3.55. The SMILES string of the molecule is CC1(C)C(=O)Nc2cc3c(cc2C1Nc1ccccc1)OCO3. The highest BCUT2D eigenvalue weighted by molar-refractivity contribution is 5.99. The Bertz CT molecular complexity index is 771. The molecule has 1 amide bonds. The number of hydrogen-bond donors (Lipinski definition) is 2. The molecule has 2 aromatic carbocycles. The number of fused-ring (bicyclic) bond motifs is 2. The molecule has 2 aliphatic heterocycles. The van der Waals surface area contributed by atoms with Gasteiger partial charge in [0.2, 0.25) is 12.7 Å². The fourth-order valence-corrected chi connectivity index (χ4v) is 3.07. The van der Waals surface area contributed by atoms with E-state index in [1.54, 1.807) is 0 Å². The third kappa shape index (κ3) is 2.20. The van der Waals surface area contributed by atoms with E-state index in [2.05, 4.69) is 10.6 Å². The zero-order valence-electron chi connectivity index (χ0n) is 13.1. The second-order valence-corrected chi connectivity index (χ2v) is 6.41. The summed E-state index contributed by atoms with van der Waals surface area (Å²) in [6.45, 7) is 4.10. The van der Waals surface area contributed by atoms with Crippen molar-refractivity contribution in [3.05, 3.63) is 48.0 Å². The molecule has 5 nitrogen and oxygen atoms in total. The van der Waals surface area contributed by atoms with Crippen molar-refractivity contribution in [2.45, 2.75) is 19.9 Å². The van der Waals surface area contributed by atoms with Crippen LogP contribution >= 0.6 is 0 Å². The van der Waals surface area contributed by atoms with Gasteiger partial charge in [-0.05, 0) is 32.0 Å². The van der Waals surface area contributed by atoms with E-state index in [0.717, 1.165) is 22.7 Å². The average Bonchev–Trinajstić information content (AvgIpc) is 2.99. The third-order valence-corrected chi connectivity index (χ3v) is 4.50. The van der Waals surface area contributed by atoms with E-state index < -0.39 is 5.41 Å². The number of anilines is 2. The van der Waals surface area contributed by atoms with Gasteiger partial charge in [-0.2, -0.15) is 0 Å². The molecule has 5 heteroatoms. The first kappa shape index (κ1) is 13.9. The Labute approximate surface area is 134 Å². The zero-order chi connectivity index (χ0) is 16.0. The van der Waals surface area contributed by atoms with Crippen LogP contribution in [0.3, 0.4) is 0 Å². The summed E-state index contributed by atoms with van der Waals surface area (Å²) in [5.41, 5.74) is 2.15. The van der Waals surface area contributed by atoms with Crippen LogP contribution < -0.4 is 20.1 Å². The highest BCUT2D eigenvalue weighted by Gasteiger charge is 2.43. The minimum atomic E-state index is -0.601. The summed E-state index contributed by atoms with van der Waals surface area (Å²) in [7, 11) is 0. The minimum Gasteiger partial charge on any atom is -0.454 e. The lowest BCUT2D eigenvalue weighted by molar-refractivity contribution is -0.125. The number of benzene rings is 2. The summed E-state index contributed by atoms with van der Waals surface area (Å²) in [6.07, 6.45) is 0. The van der Waals surface area contributed by atoms with Gasteiger partial charge in [0.25, 0.3) is 0 Å². The first-order valence-electron chi connectivity index (χ1n) is 7.62. The minimum absolute atomic E-state index is 0.0164.